The number of hydrogen-bond acceptors (Lipinski definition) is 3. The highest BCUT2D eigenvalue weighted by atomic mass is 16.6. The van der Waals surface area contributed by atoms with Crippen LogP contribution in [0.15, 0.2) is 18.2 Å². The van der Waals surface area contributed by atoms with Crippen molar-refractivity contribution in [3.8, 4) is 0 Å². The molecule has 3 rings (SSSR count). The summed E-state index contributed by atoms with van der Waals surface area (Å²) in [4.78, 5) is 11.9. The van der Waals surface area contributed by atoms with Crippen molar-refractivity contribution in [1.29, 1.82) is 0 Å². The summed E-state index contributed by atoms with van der Waals surface area (Å²) in [6.07, 6.45) is 4.41. The van der Waals surface area contributed by atoms with Gasteiger partial charge in [-0.05, 0) is 75.6 Å². The number of amides is 1. The Bertz CT molecular complexity index is 586. The minimum atomic E-state index is -0.476. The lowest BCUT2D eigenvalue weighted by Gasteiger charge is -2.36. The Morgan fingerprint density at radius 3 is 2.65 bits per heavy atom. The van der Waals surface area contributed by atoms with Crippen LogP contribution < -0.4 is 10.6 Å². The van der Waals surface area contributed by atoms with Gasteiger partial charge in [-0.1, -0.05) is 13.0 Å². The fourth-order valence-electron chi connectivity index (χ4n) is 3.61. The summed E-state index contributed by atoms with van der Waals surface area (Å²) in [5, 5.41) is 6.61. The fourth-order valence-corrected chi connectivity index (χ4v) is 3.61. The molecule has 0 aliphatic heterocycles. The molecular formula is C19H28N2O2. The molecule has 1 unspecified atom stereocenters. The first-order valence-electron chi connectivity index (χ1n) is 8.69. The molecule has 0 spiro atoms. The summed E-state index contributed by atoms with van der Waals surface area (Å²) in [7, 11) is 0. The minimum absolute atomic E-state index is 0.395. The van der Waals surface area contributed by atoms with E-state index in [4.69, 9.17) is 4.74 Å². The molecule has 1 aromatic carbocycles. The number of hydrogen-bond donors (Lipinski definition) is 2. The van der Waals surface area contributed by atoms with E-state index < -0.39 is 11.7 Å². The maximum Gasteiger partial charge on any atom is 0.412 e. The molecule has 1 aromatic rings. The summed E-state index contributed by atoms with van der Waals surface area (Å²) >= 11 is 0. The average Bonchev–Trinajstić information content (AvgIpc) is 2.77. The Morgan fingerprint density at radius 1 is 1.26 bits per heavy atom. The van der Waals surface area contributed by atoms with E-state index in [2.05, 4.69) is 29.7 Å². The second kappa shape index (κ2) is 6.16. The fraction of sp³-hybridized carbons (Fsp3) is 0.632. The zero-order valence-corrected chi connectivity index (χ0v) is 14.6. The number of carbonyl (C=O) groups excluding carboxylic acids is 1. The quantitative estimate of drug-likeness (QED) is 0.868. The summed E-state index contributed by atoms with van der Waals surface area (Å²) < 4.78 is 5.30. The lowest BCUT2D eigenvalue weighted by Crippen LogP contribution is -2.41. The standard InChI is InChI=1S/C19H28N2O2/c1-12-9-15(10-12)20-17-8-5-13-11-14(6-7-16(13)17)21-18(22)23-19(2,3)4/h6-7,11-12,15,17,20H,5,8-10H2,1-4H3,(H,21,22). The van der Waals surface area contributed by atoms with Crippen LogP contribution in [-0.2, 0) is 11.2 Å². The van der Waals surface area contributed by atoms with Gasteiger partial charge in [-0.25, -0.2) is 4.79 Å². The lowest BCUT2D eigenvalue weighted by molar-refractivity contribution is 0.0636. The molecule has 0 heterocycles. The number of anilines is 1. The molecule has 2 N–H and O–H groups in total. The van der Waals surface area contributed by atoms with Gasteiger partial charge in [0.2, 0.25) is 0 Å². The second-order valence-corrected chi connectivity index (χ2v) is 8.07. The molecule has 1 saturated carbocycles. The number of nitrogens with one attached hydrogen (secondary N) is 2. The van der Waals surface area contributed by atoms with Crippen LogP contribution in [0.2, 0.25) is 0 Å². The molecule has 4 heteroatoms. The van der Waals surface area contributed by atoms with E-state index in [1.54, 1.807) is 0 Å². The van der Waals surface area contributed by atoms with Gasteiger partial charge < -0.3 is 10.1 Å². The van der Waals surface area contributed by atoms with E-state index in [1.165, 1.54) is 24.0 Å². The molecule has 0 radical (unpaired) electrons. The molecule has 23 heavy (non-hydrogen) atoms. The van der Waals surface area contributed by atoms with Crippen molar-refractivity contribution in [2.75, 3.05) is 5.32 Å². The summed E-state index contributed by atoms with van der Waals surface area (Å²) in [5.74, 6) is 0.869. The Hall–Kier alpha value is -1.55. The van der Waals surface area contributed by atoms with E-state index in [0.717, 1.165) is 24.4 Å². The highest BCUT2D eigenvalue weighted by Crippen LogP contribution is 2.36. The smallest absolute Gasteiger partial charge is 0.412 e. The van der Waals surface area contributed by atoms with Gasteiger partial charge in [0.1, 0.15) is 5.60 Å². The van der Waals surface area contributed by atoms with Gasteiger partial charge in [0.05, 0.1) is 0 Å². The van der Waals surface area contributed by atoms with E-state index in [1.807, 2.05) is 26.8 Å². The first kappa shape index (κ1) is 16.3. The van der Waals surface area contributed by atoms with Gasteiger partial charge in [-0.15, -0.1) is 0 Å². The molecule has 126 valence electrons. The third kappa shape index (κ3) is 4.05. The van der Waals surface area contributed by atoms with E-state index in [9.17, 15) is 4.79 Å². The van der Waals surface area contributed by atoms with Crippen LogP contribution in [0.4, 0.5) is 10.5 Å². The maximum absolute atomic E-state index is 11.9. The van der Waals surface area contributed by atoms with E-state index >= 15 is 0 Å². The van der Waals surface area contributed by atoms with Gasteiger partial charge in [-0.3, -0.25) is 5.32 Å². The number of ether oxygens (including phenoxy) is 1. The topological polar surface area (TPSA) is 50.4 Å². The molecule has 1 atom stereocenters. The van der Waals surface area contributed by atoms with E-state index in [0.29, 0.717) is 12.1 Å². The summed E-state index contributed by atoms with van der Waals surface area (Å²) in [6.45, 7) is 7.92. The zero-order chi connectivity index (χ0) is 16.6. The number of rotatable bonds is 3. The number of carbonyl (C=O) groups is 1. The average molecular weight is 316 g/mol. The number of benzene rings is 1. The molecule has 0 aromatic heterocycles. The third-order valence-corrected chi connectivity index (χ3v) is 4.68. The SMILES string of the molecule is CC1CC(NC2CCc3cc(NC(=O)OC(C)(C)C)ccc32)C1. The van der Waals surface area contributed by atoms with Crippen molar-refractivity contribution in [2.24, 2.45) is 5.92 Å². The van der Waals surface area contributed by atoms with Crippen LogP contribution >= 0.6 is 0 Å². The molecule has 4 nitrogen and oxygen atoms in total. The summed E-state index contributed by atoms with van der Waals surface area (Å²) in [5.41, 5.74) is 3.06. The van der Waals surface area contributed by atoms with Gasteiger partial charge >= 0.3 is 6.09 Å². The normalized spacial score (nSPS) is 26.3. The van der Waals surface area contributed by atoms with Crippen LogP contribution in [0, 0.1) is 5.92 Å². The third-order valence-electron chi connectivity index (χ3n) is 4.68. The first-order chi connectivity index (χ1) is 10.8. The minimum Gasteiger partial charge on any atom is -0.444 e. The monoisotopic (exact) mass is 316 g/mol. The molecule has 0 bridgehead atoms. The Morgan fingerprint density at radius 2 is 2.00 bits per heavy atom. The highest BCUT2D eigenvalue weighted by molar-refractivity contribution is 5.85. The van der Waals surface area contributed by atoms with Crippen molar-refractivity contribution in [3.05, 3.63) is 29.3 Å². The predicted molar refractivity (Wildman–Crippen MR) is 92.7 cm³/mol. The van der Waals surface area contributed by atoms with Gasteiger partial charge in [0.25, 0.3) is 0 Å². The van der Waals surface area contributed by atoms with Crippen LogP contribution in [0.25, 0.3) is 0 Å². The summed E-state index contributed by atoms with van der Waals surface area (Å²) in [6, 6.07) is 7.37. The Labute approximate surface area is 139 Å². The van der Waals surface area contributed by atoms with Crippen molar-refractivity contribution in [3.63, 3.8) is 0 Å². The van der Waals surface area contributed by atoms with Crippen LogP contribution in [0.5, 0.6) is 0 Å². The Kier molecular flexibility index (Phi) is 4.37. The predicted octanol–water partition coefficient (Wildman–Crippen LogP) is 4.41. The van der Waals surface area contributed by atoms with Crippen LogP contribution in [0.3, 0.4) is 0 Å². The zero-order valence-electron chi connectivity index (χ0n) is 14.6. The number of fused-ring (bicyclic) bond motifs is 1. The van der Waals surface area contributed by atoms with Gasteiger partial charge in [-0.2, -0.15) is 0 Å². The van der Waals surface area contributed by atoms with E-state index in [-0.39, 0.29) is 0 Å². The molecule has 2 aliphatic rings. The van der Waals surface area contributed by atoms with Crippen molar-refractivity contribution in [1.82, 2.24) is 5.32 Å². The molecule has 1 amide bonds. The van der Waals surface area contributed by atoms with Crippen LogP contribution in [0.1, 0.15) is 64.1 Å². The largest absolute Gasteiger partial charge is 0.444 e. The van der Waals surface area contributed by atoms with Crippen LogP contribution in [-0.4, -0.2) is 17.7 Å². The molecular weight excluding hydrogens is 288 g/mol. The van der Waals surface area contributed by atoms with Crippen molar-refractivity contribution in [2.45, 2.75) is 71.1 Å². The molecule has 0 saturated heterocycles. The second-order valence-electron chi connectivity index (χ2n) is 8.07. The van der Waals surface area contributed by atoms with Crippen molar-refractivity contribution < 1.29 is 9.53 Å². The number of aryl methyl sites for hydroxylation is 1. The molecule has 2 aliphatic carbocycles. The highest BCUT2D eigenvalue weighted by Gasteiger charge is 2.30. The van der Waals surface area contributed by atoms with Gasteiger partial charge in [0, 0.05) is 17.8 Å². The van der Waals surface area contributed by atoms with Crippen molar-refractivity contribution >= 4 is 11.8 Å². The van der Waals surface area contributed by atoms with Gasteiger partial charge in [0.15, 0.2) is 0 Å². The first-order valence-corrected chi connectivity index (χ1v) is 8.69. The lowest BCUT2D eigenvalue weighted by atomic mass is 9.81. The molecule has 1 fully saturated rings. The Balaban J connectivity index is 1.61. The maximum atomic E-state index is 11.9.